The van der Waals surface area contributed by atoms with Gasteiger partial charge in [0.15, 0.2) is 0 Å². The van der Waals surface area contributed by atoms with E-state index in [0.29, 0.717) is 28.2 Å². The molecule has 1 saturated carbocycles. The van der Waals surface area contributed by atoms with Crippen molar-refractivity contribution < 1.29 is 18.7 Å². The quantitative estimate of drug-likeness (QED) is 0.383. The number of nitrogens with zero attached hydrogens (tertiary/aromatic N) is 2. The van der Waals surface area contributed by atoms with Gasteiger partial charge in [-0.25, -0.2) is 4.39 Å². The molecule has 1 heterocycles. The van der Waals surface area contributed by atoms with Crippen LogP contribution in [-0.4, -0.2) is 21.7 Å². The fourth-order valence-electron chi connectivity index (χ4n) is 3.79. The van der Waals surface area contributed by atoms with Gasteiger partial charge in [0, 0.05) is 24.1 Å². The number of anilines is 1. The number of halogens is 1. The second kappa shape index (κ2) is 8.94. The molecule has 1 aliphatic carbocycles. The summed E-state index contributed by atoms with van der Waals surface area (Å²) in [6.45, 7) is 1.31. The number of aromatic nitrogens is 2. The molecule has 5 rings (SSSR count). The molecule has 0 aliphatic heterocycles. The molecule has 7 heteroatoms. The SMILES string of the molecule is CC(=O)Oc1c(-c2ccc(NC(=O)C3CC3)cc2)c(-c2ccccc2F)nn1-c1ccccc1. The zero-order chi connectivity index (χ0) is 23.7. The first-order valence-electron chi connectivity index (χ1n) is 11.0. The molecule has 0 atom stereocenters. The fraction of sp³-hybridized carbons (Fsp3) is 0.148. The third-order valence-corrected chi connectivity index (χ3v) is 5.60. The Hall–Kier alpha value is -4.26. The van der Waals surface area contributed by atoms with Crippen molar-refractivity contribution in [3.05, 3.63) is 84.7 Å². The molecule has 0 spiro atoms. The summed E-state index contributed by atoms with van der Waals surface area (Å²) in [6.07, 6.45) is 1.83. The summed E-state index contributed by atoms with van der Waals surface area (Å²) < 4.78 is 22.0. The smallest absolute Gasteiger partial charge is 0.309 e. The van der Waals surface area contributed by atoms with E-state index < -0.39 is 11.8 Å². The van der Waals surface area contributed by atoms with Gasteiger partial charge in [-0.15, -0.1) is 0 Å². The number of nitrogens with one attached hydrogen (secondary N) is 1. The highest BCUT2D eigenvalue weighted by Gasteiger charge is 2.30. The van der Waals surface area contributed by atoms with Crippen LogP contribution in [0.1, 0.15) is 19.8 Å². The van der Waals surface area contributed by atoms with Gasteiger partial charge in [0.1, 0.15) is 11.5 Å². The van der Waals surface area contributed by atoms with Crippen molar-refractivity contribution in [2.24, 2.45) is 5.92 Å². The lowest BCUT2D eigenvalue weighted by molar-refractivity contribution is -0.132. The number of amides is 1. The number of carbonyl (C=O) groups excluding carboxylic acids is 2. The first kappa shape index (κ1) is 21.6. The Labute approximate surface area is 196 Å². The van der Waals surface area contributed by atoms with E-state index in [1.165, 1.54) is 17.7 Å². The minimum Gasteiger partial charge on any atom is -0.407 e. The molecule has 34 heavy (non-hydrogen) atoms. The van der Waals surface area contributed by atoms with Crippen LogP contribution >= 0.6 is 0 Å². The van der Waals surface area contributed by atoms with Gasteiger partial charge in [0.05, 0.1) is 11.3 Å². The molecule has 1 aromatic heterocycles. The molecule has 1 aliphatic rings. The van der Waals surface area contributed by atoms with Gasteiger partial charge in [-0.1, -0.05) is 42.5 Å². The summed E-state index contributed by atoms with van der Waals surface area (Å²) >= 11 is 0. The van der Waals surface area contributed by atoms with E-state index in [1.54, 1.807) is 42.5 Å². The normalized spacial score (nSPS) is 12.9. The van der Waals surface area contributed by atoms with Gasteiger partial charge >= 0.3 is 5.97 Å². The van der Waals surface area contributed by atoms with Crippen molar-refractivity contribution >= 4 is 17.6 Å². The second-order valence-corrected chi connectivity index (χ2v) is 8.19. The Morgan fingerprint density at radius 3 is 2.29 bits per heavy atom. The van der Waals surface area contributed by atoms with E-state index in [2.05, 4.69) is 10.4 Å². The standard InChI is InChI=1S/C27H22FN3O3/c1-17(32)34-27-24(18-13-15-20(16-14-18)29-26(33)19-11-12-19)25(22-9-5-6-10-23(22)28)30-31(27)21-7-3-2-4-8-21/h2-10,13-16,19H,11-12H2,1H3,(H,29,33). The molecule has 0 bridgehead atoms. The molecule has 0 unspecified atom stereocenters. The highest BCUT2D eigenvalue weighted by molar-refractivity contribution is 5.94. The molecule has 6 nitrogen and oxygen atoms in total. The van der Waals surface area contributed by atoms with Crippen LogP contribution in [0.5, 0.6) is 5.88 Å². The monoisotopic (exact) mass is 455 g/mol. The predicted molar refractivity (Wildman–Crippen MR) is 127 cm³/mol. The van der Waals surface area contributed by atoms with E-state index in [9.17, 15) is 14.0 Å². The van der Waals surface area contributed by atoms with Crippen LogP contribution in [0.25, 0.3) is 28.1 Å². The minimum atomic E-state index is -0.522. The van der Waals surface area contributed by atoms with Gasteiger partial charge in [-0.05, 0) is 54.8 Å². The average Bonchev–Trinajstić information content (AvgIpc) is 3.63. The summed E-state index contributed by atoms with van der Waals surface area (Å²) in [5.41, 5.74) is 3.10. The number of ether oxygens (including phenoxy) is 1. The second-order valence-electron chi connectivity index (χ2n) is 8.19. The molecule has 1 N–H and O–H groups in total. The highest BCUT2D eigenvalue weighted by Crippen LogP contribution is 2.42. The number of rotatable bonds is 6. The third-order valence-electron chi connectivity index (χ3n) is 5.60. The molecule has 170 valence electrons. The number of esters is 1. The zero-order valence-electron chi connectivity index (χ0n) is 18.5. The van der Waals surface area contributed by atoms with Crippen LogP contribution in [0, 0.1) is 11.7 Å². The maximum Gasteiger partial charge on any atom is 0.309 e. The van der Waals surface area contributed by atoms with Crippen LogP contribution in [0.15, 0.2) is 78.9 Å². The Morgan fingerprint density at radius 1 is 0.971 bits per heavy atom. The molecule has 1 fully saturated rings. The summed E-state index contributed by atoms with van der Waals surface area (Å²) in [5.74, 6) is -0.674. The molecule has 3 aromatic carbocycles. The predicted octanol–water partition coefficient (Wildman–Crippen LogP) is 5.62. The summed E-state index contributed by atoms with van der Waals surface area (Å²) in [5, 5.41) is 7.58. The molecule has 0 radical (unpaired) electrons. The van der Waals surface area contributed by atoms with Gasteiger partial charge in [0.2, 0.25) is 11.8 Å². The van der Waals surface area contributed by atoms with Crippen molar-refractivity contribution in [3.8, 4) is 34.0 Å². The fourth-order valence-corrected chi connectivity index (χ4v) is 3.79. The van der Waals surface area contributed by atoms with Gasteiger partial charge in [-0.3, -0.25) is 9.59 Å². The van der Waals surface area contributed by atoms with Gasteiger partial charge < -0.3 is 10.1 Å². The van der Waals surface area contributed by atoms with Crippen LogP contribution < -0.4 is 10.1 Å². The summed E-state index contributed by atoms with van der Waals surface area (Å²) in [7, 11) is 0. The van der Waals surface area contributed by atoms with E-state index in [1.807, 2.05) is 30.3 Å². The number of hydrogen-bond acceptors (Lipinski definition) is 4. The highest BCUT2D eigenvalue weighted by atomic mass is 19.1. The van der Waals surface area contributed by atoms with Gasteiger partial charge in [0.25, 0.3) is 0 Å². The van der Waals surface area contributed by atoms with Gasteiger partial charge in [-0.2, -0.15) is 9.78 Å². The van der Waals surface area contributed by atoms with Crippen molar-refractivity contribution in [3.63, 3.8) is 0 Å². The van der Waals surface area contributed by atoms with Crippen molar-refractivity contribution in [1.29, 1.82) is 0 Å². The van der Waals surface area contributed by atoms with Crippen molar-refractivity contribution in [2.75, 3.05) is 5.32 Å². The van der Waals surface area contributed by atoms with Crippen LogP contribution in [0.3, 0.4) is 0 Å². The lowest BCUT2D eigenvalue weighted by Crippen LogP contribution is -2.13. The lowest BCUT2D eigenvalue weighted by Gasteiger charge is -2.10. The Morgan fingerprint density at radius 2 is 1.65 bits per heavy atom. The minimum absolute atomic E-state index is 0.0114. The summed E-state index contributed by atoms with van der Waals surface area (Å²) in [6, 6.07) is 22.7. The third kappa shape index (κ3) is 4.32. The molecular weight excluding hydrogens is 433 g/mol. The lowest BCUT2D eigenvalue weighted by atomic mass is 10.0. The maximum atomic E-state index is 14.9. The Balaban J connectivity index is 1.67. The largest absolute Gasteiger partial charge is 0.407 e. The Kier molecular flexibility index (Phi) is 5.67. The number of para-hydroxylation sites is 1. The maximum absolute atomic E-state index is 14.9. The van der Waals surface area contributed by atoms with E-state index in [0.717, 1.165) is 12.8 Å². The average molecular weight is 455 g/mol. The van der Waals surface area contributed by atoms with Crippen LogP contribution in [0.2, 0.25) is 0 Å². The zero-order valence-corrected chi connectivity index (χ0v) is 18.5. The van der Waals surface area contributed by atoms with E-state index in [4.69, 9.17) is 4.74 Å². The van der Waals surface area contributed by atoms with Crippen LogP contribution in [0.4, 0.5) is 10.1 Å². The first-order valence-corrected chi connectivity index (χ1v) is 11.0. The first-order chi connectivity index (χ1) is 16.5. The Bertz CT molecular complexity index is 1360. The van der Waals surface area contributed by atoms with Crippen molar-refractivity contribution in [2.45, 2.75) is 19.8 Å². The number of benzene rings is 3. The summed E-state index contributed by atoms with van der Waals surface area (Å²) in [4.78, 5) is 24.2. The molecule has 0 saturated heterocycles. The van der Waals surface area contributed by atoms with E-state index >= 15 is 0 Å². The number of hydrogen-bond donors (Lipinski definition) is 1. The molecule has 1 amide bonds. The van der Waals surface area contributed by atoms with E-state index in [-0.39, 0.29) is 23.3 Å². The van der Waals surface area contributed by atoms with Crippen LogP contribution in [-0.2, 0) is 9.59 Å². The number of carbonyl (C=O) groups is 2. The molecule has 4 aromatic rings. The topological polar surface area (TPSA) is 73.2 Å². The molecular formula is C27H22FN3O3. The van der Waals surface area contributed by atoms with Crippen molar-refractivity contribution in [1.82, 2.24) is 9.78 Å².